The summed E-state index contributed by atoms with van der Waals surface area (Å²) in [5.74, 6) is 0.000224. The standard InChI is InChI=1S/C18H27N3O2/c1-2-8-17(22)21-12-7-6-11-16(21)18(23)20-13-15(19)14-9-4-3-5-10-14/h3-5,9-10,15-16H,2,6-8,11-13,19H2,1H3,(H,20,23). The molecule has 2 amide bonds. The van der Waals surface area contributed by atoms with Gasteiger partial charge in [-0.15, -0.1) is 0 Å². The van der Waals surface area contributed by atoms with Gasteiger partial charge in [-0.05, 0) is 31.2 Å². The van der Waals surface area contributed by atoms with Crippen molar-refractivity contribution in [2.75, 3.05) is 13.1 Å². The Balaban J connectivity index is 1.91. The molecule has 23 heavy (non-hydrogen) atoms. The maximum absolute atomic E-state index is 12.5. The first kappa shape index (κ1) is 17.5. The van der Waals surface area contributed by atoms with E-state index < -0.39 is 0 Å². The summed E-state index contributed by atoms with van der Waals surface area (Å²) < 4.78 is 0. The van der Waals surface area contributed by atoms with Crippen LogP contribution in [-0.4, -0.2) is 35.8 Å². The first-order valence-corrected chi connectivity index (χ1v) is 8.51. The smallest absolute Gasteiger partial charge is 0.242 e. The zero-order valence-electron chi connectivity index (χ0n) is 13.8. The van der Waals surface area contributed by atoms with Crippen molar-refractivity contribution in [3.8, 4) is 0 Å². The van der Waals surface area contributed by atoms with Crippen LogP contribution in [0.15, 0.2) is 30.3 Å². The molecule has 1 aromatic carbocycles. The molecule has 126 valence electrons. The highest BCUT2D eigenvalue weighted by Gasteiger charge is 2.31. The molecule has 0 aliphatic carbocycles. The summed E-state index contributed by atoms with van der Waals surface area (Å²) >= 11 is 0. The van der Waals surface area contributed by atoms with Gasteiger partial charge in [0.15, 0.2) is 0 Å². The normalized spacial score (nSPS) is 19.2. The molecule has 2 unspecified atom stereocenters. The van der Waals surface area contributed by atoms with Gasteiger partial charge in [0.2, 0.25) is 11.8 Å². The molecule has 0 aromatic heterocycles. The van der Waals surface area contributed by atoms with Crippen molar-refractivity contribution in [3.05, 3.63) is 35.9 Å². The van der Waals surface area contributed by atoms with Gasteiger partial charge in [0, 0.05) is 25.6 Å². The molecule has 5 nitrogen and oxygen atoms in total. The number of nitrogens with two attached hydrogens (primary N) is 1. The van der Waals surface area contributed by atoms with Crippen LogP contribution in [0.1, 0.15) is 50.6 Å². The van der Waals surface area contributed by atoms with E-state index in [4.69, 9.17) is 5.73 Å². The highest BCUT2D eigenvalue weighted by atomic mass is 16.2. The fourth-order valence-corrected chi connectivity index (χ4v) is 3.01. The Morgan fingerprint density at radius 3 is 2.74 bits per heavy atom. The zero-order valence-corrected chi connectivity index (χ0v) is 13.8. The maximum atomic E-state index is 12.5. The van der Waals surface area contributed by atoms with Gasteiger partial charge in [-0.25, -0.2) is 0 Å². The summed E-state index contributed by atoms with van der Waals surface area (Å²) in [6.07, 6.45) is 4.01. The maximum Gasteiger partial charge on any atom is 0.242 e. The van der Waals surface area contributed by atoms with Gasteiger partial charge in [-0.1, -0.05) is 37.3 Å². The van der Waals surface area contributed by atoms with Gasteiger partial charge in [-0.3, -0.25) is 9.59 Å². The molecule has 2 atom stereocenters. The van der Waals surface area contributed by atoms with E-state index in [2.05, 4.69) is 5.32 Å². The van der Waals surface area contributed by atoms with E-state index in [1.54, 1.807) is 4.90 Å². The third-order valence-corrected chi connectivity index (χ3v) is 4.31. The molecular formula is C18H27N3O2. The van der Waals surface area contributed by atoms with Crippen LogP contribution in [0.4, 0.5) is 0 Å². The van der Waals surface area contributed by atoms with Crippen LogP contribution in [0, 0.1) is 0 Å². The Kier molecular flexibility index (Phi) is 6.59. The van der Waals surface area contributed by atoms with E-state index >= 15 is 0 Å². The molecule has 3 N–H and O–H groups in total. The molecular weight excluding hydrogens is 290 g/mol. The molecule has 1 aliphatic rings. The molecule has 5 heteroatoms. The number of hydrogen-bond donors (Lipinski definition) is 2. The summed E-state index contributed by atoms with van der Waals surface area (Å²) in [4.78, 5) is 26.4. The largest absolute Gasteiger partial charge is 0.352 e. The van der Waals surface area contributed by atoms with Gasteiger partial charge in [0.25, 0.3) is 0 Å². The van der Waals surface area contributed by atoms with E-state index in [1.165, 1.54) is 0 Å². The lowest BCUT2D eigenvalue weighted by atomic mass is 10.00. The fourth-order valence-electron chi connectivity index (χ4n) is 3.01. The van der Waals surface area contributed by atoms with Crippen LogP contribution in [0.5, 0.6) is 0 Å². The average molecular weight is 317 g/mol. The second-order valence-electron chi connectivity index (χ2n) is 6.11. The van der Waals surface area contributed by atoms with Crippen molar-refractivity contribution < 1.29 is 9.59 Å². The topological polar surface area (TPSA) is 75.4 Å². The van der Waals surface area contributed by atoms with E-state index in [-0.39, 0.29) is 23.9 Å². The lowest BCUT2D eigenvalue weighted by Gasteiger charge is -2.35. The van der Waals surface area contributed by atoms with Crippen LogP contribution in [0.3, 0.4) is 0 Å². The van der Waals surface area contributed by atoms with Crippen LogP contribution in [0.25, 0.3) is 0 Å². The second kappa shape index (κ2) is 8.67. The average Bonchev–Trinajstić information content (AvgIpc) is 2.60. The van der Waals surface area contributed by atoms with Crippen LogP contribution >= 0.6 is 0 Å². The van der Waals surface area contributed by atoms with Gasteiger partial charge < -0.3 is 16.0 Å². The molecule has 0 bridgehead atoms. The van der Waals surface area contributed by atoms with Gasteiger partial charge in [-0.2, -0.15) is 0 Å². The minimum Gasteiger partial charge on any atom is -0.352 e. The summed E-state index contributed by atoms with van der Waals surface area (Å²) in [6, 6.07) is 9.14. The van der Waals surface area contributed by atoms with Crippen LogP contribution in [-0.2, 0) is 9.59 Å². The van der Waals surface area contributed by atoms with Gasteiger partial charge in [0.05, 0.1) is 0 Å². The number of carbonyl (C=O) groups excluding carboxylic acids is 2. The highest BCUT2D eigenvalue weighted by Crippen LogP contribution is 2.19. The van der Waals surface area contributed by atoms with E-state index in [1.807, 2.05) is 37.3 Å². The Labute approximate surface area is 138 Å². The first-order chi connectivity index (χ1) is 11.1. The molecule has 1 saturated heterocycles. The number of carbonyl (C=O) groups is 2. The predicted molar refractivity (Wildman–Crippen MR) is 90.6 cm³/mol. The molecule has 0 spiro atoms. The Hall–Kier alpha value is -1.88. The van der Waals surface area contributed by atoms with Crippen molar-refractivity contribution in [1.29, 1.82) is 0 Å². The lowest BCUT2D eigenvalue weighted by molar-refractivity contribution is -0.142. The van der Waals surface area contributed by atoms with Crippen molar-refractivity contribution in [2.24, 2.45) is 5.73 Å². The molecule has 1 heterocycles. The van der Waals surface area contributed by atoms with Gasteiger partial charge >= 0.3 is 0 Å². The molecule has 0 saturated carbocycles. The molecule has 2 rings (SSSR count). The van der Waals surface area contributed by atoms with E-state index in [0.29, 0.717) is 19.5 Å². The van der Waals surface area contributed by atoms with Crippen molar-refractivity contribution in [3.63, 3.8) is 0 Å². The predicted octanol–water partition coefficient (Wildman–Crippen LogP) is 1.98. The third-order valence-electron chi connectivity index (χ3n) is 4.31. The Morgan fingerprint density at radius 1 is 1.30 bits per heavy atom. The van der Waals surface area contributed by atoms with Crippen LogP contribution < -0.4 is 11.1 Å². The zero-order chi connectivity index (χ0) is 16.7. The lowest BCUT2D eigenvalue weighted by Crippen LogP contribution is -2.52. The minimum absolute atomic E-state index is 0.0828. The fraction of sp³-hybridized carbons (Fsp3) is 0.556. The van der Waals surface area contributed by atoms with Crippen molar-refractivity contribution in [2.45, 2.75) is 51.1 Å². The summed E-state index contributed by atoms with van der Waals surface area (Å²) in [7, 11) is 0. The number of likely N-dealkylation sites (tertiary alicyclic amines) is 1. The molecule has 1 aromatic rings. The van der Waals surface area contributed by atoms with Gasteiger partial charge in [0.1, 0.15) is 6.04 Å². The number of nitrogens with one attached hydrogen (secondary N) is 1. The Bertz CT molecular complexity index is 518. The third kappa shape index (κ3) is 4.79. The molecule has 0 radical (unpaired) electrons. The number of benzene rings is 1. The number of amides is 2. The minimum atomic E-state index is -0.342. The van der Waals surface area contributed by atoms with Crippen molar-refractivity contribution >= 4 is 11.8 Å². The number of piperidine rings is 1. The number of rotatable bonds is 6. The van der Waals surface area contributed by atoms with Crippen molar-refractivity contribution in [1.82, 2.24) is 10.2 Å². The SMILES string of the molecule is CCCC(=O)N1CCCCC1C(=O)NCC(N)c1ccccc1. The quantitative estimate of drug-likeness (QED) is 0.842. The van der Waals surface area contributed by atoms with E-state index in [9.17, 15) is 9.59 Å². The highest BCUT2D eigenvalue weighted by molar-refractivity contribution is 5.87. The first-order valence-electron chi connectivity index (χ1n) is 8.51. The van der Waals surface area contributed by atoms with Crippen LogP contribution in [0.2, 0.25) is 0 Å². The summed E-state index contributed by atoms with van der Waals surface area (Å²) in [5, 5.41) is 2.92. The number of hydrogen-bond acceptors (Lipinski definition) is 3. The molecule has 1 aliphatic heterocycles. The summed E-state index contributed by atoms with van der Waals surface area (Å²) in [6.45, 7) is 3.05. The second-order valence-corrected chi connectivity index (χ2v) is 6.11. The summed E-state index contributed by atoms with van der Waals surface area (Å²) in [5.41, 5.74) is 7.12. The molecule has 1 fully saturated rings. The van der Waals surface area contributed by atoms with E-state index in [0.717, 1.165) is 31.2 Å². The Morgan fingerprint density at radius 2 is 2.04 bits per heavy atom. The monoisotopic (exact) mass is 317 g/mol. The number of nitrogens with zero attached hydrogens (tertiary/aromatic N) is 1.